The predicted molar refractivity (Wildman–Crippen MR) is 132 cm³/mol. The van der Waals surface area contributed by atoms with E-state index < -0.39 is 10.0 Å². The molecule has 0 bridgehead atoms. The molecule has 0 radical (unpaired) electrons. The first-order valence-electron chi connectivity index (χ1n) is 12.3. The molecule has 0 saturated carbocycles. The molecule has 0 aliphatic carbocycles. The van der Waals surface area contributed by atoms with Crippen molar-refractivity contribution in [3.8, 4) is 0 Å². The van der Waals surface area contributed by atoms with E-state index in [1.807, 2.05) is 47.9 Å². The van der Waals surface area contributed by atoms with E-state index in [1.54, 1.807) is 6.92 Å². The maximum atomic E-state index is 13.5. The summed E-state index contributed by atoms with van der Waals surface area (Å²) in [4.78, 5) is 29.7. The van der Waals surface area contributed by atoms with E-state index in [4.69, 9.17) is 0 Å². The number of rotatable bonds is 12. The Kier molecular flexibility index (Phi) is 10.8. The van der Waals surface area contributed by atoms with Gasteiger partial charge in [-0.3, -0.25) is 9.59 Å². The molecule has 0 unspecified atom stereocenters. The third-order valence-corrected chi connectivity index (χ3v) is 8.30. The molecule has 1 aliphatic rings. The number of likely N-dealkylation sites (tertiary alicyclic amines) is 1. The highest BCUT2D eigenvalue weighted by molar-refractivity contribution is 7.89. The van der Waals surface area contributed by atoms with Crippen LogP contribution < -0.4 is 0 Å². The number of hydrogen-bond donors (Lipinski definition) is 0. The summed E-state index contributed by atoms with van der Waals surface area (Å²) in [6.45, 7) is 9.56. The molecule has 186 valence electrons. The summed E-state index contributed by atoms with van der Waals surface area (Å²) in [6, 6.07) is 7.97. The van der Waals surface area contributed by atoms with E-state index in [2.05, 4.69) is 6.92 Å². The predicted octanol–water partition coefficient (Wildman–Crippen LogP) is 3.57. The lowest BCUT2D eigenvalue weighted by Crippen LogP contribution is -2.51. The van der Waals surface area contributed by atoms with Crippen LogP contribution >= 0.6 is 0 Å². The van der Waals surface area contributed by atoms with Crippen LogP contribution in [0.25, 0.3) is 0 Å². The minimum absolute atomic E-state index is 0.0138. The van der Waals surface area contributed by atoms with Crippen molar-refractivity contribution in [2.45, 2.75) is 78.8 Å². The number of carbonyl (C=O) groups excluding carboxylic acids is 2. The van der Waals surface area contributed by atoms with Gasteiger partial charge in [0, 0.05) is 38.6 Å². The van der Waals surface area contributed by atoms with Crippen molar-refractivity contribution in [1.82, 2.24) is 14.1 Å². The van der Waals surface area contributed by atoms with Crippen molar-refractivity contribution in [3.05, 3.63) is 35.4 Å². The lowest BCUT2D eigenvalue weighted by atomic mass is 10.00. The second kappa shape index (κ2) is 13.1. The zero-order valence-electron chi connectivity index (χ0n) is 20.8. The lowest BCUT2D eigenvalue weighted by Gasteiger charge is -2.39. The first-order valence-corrected chi connectivity index (χ1v) is 13.9. The SMILES string of the molecule is CCCCC(=O)N1CCC(N(Cc2ccccc2C)C(=O)CN(CCC)S(=O)(=O)CC)CC1. The molecule has 1 fully saturated rings. The molecule has 1 saturated heterocycles. The van der Waals surface area contributed by atoms with Crippen molar-refractivity contribution in [2.75, 3.05) is 31.9 Å². The number of piperidine rings is 1. The molecule has 1 heterocycles. The second-order valence-corrected chi connectivity index (χ2v) is 11.2. The molecule has 1 aromatic carbocycles. The molecule has 8 heteroatoms. The van der Waals surface area contributed by atoms with Gasteiger partial charge in [0.25, 0.3) is 0 Å². The van der Waals surface area contributed by atoms with Gasteiger partial charge in [0.15, 0.2) is 0 Å². The van der Waals surface area contributed by atoms with Gasteiger partial charge in [-0.05, 0) is 50.7 Å². The van der Waals surface area contributed by atoms with E-state index in [0.717, 1.165) is 24.0 Å². The molecule has 0 atom stereocenters. The van der Waals surface area contributed by atoms with Crippen LogP contribution in [0.4, 0.5) is 0 Å². The molecule has 0 aromatic heterocycles. The Morgan fingerprint density at radius 1 is 1.06 bits per heavy atom. The summed E-state index contributed by atoms with van der Waals surface area (Å²) in [5.74, 6) is 0.00537. The molecule has 2 rings (SSSR count). The van der Waals surface area contributed by atoms with Crippen LogP contribution in [0, 0.1) is 6.92 Å². The molecule has 0 N–H and O–H groups in total. The maximum Gasteiger partial charge on any atom is 0.238 e. The number of nitrogens with zero attached hydrogens (tertiary/aromatic N) is 3. The molecule has 2 amide bonds. The van der Waals surface area contributed by atoms with Crippen LogP contribution in [0.3, 0.4) is 0 Å². The van der Waals surface area contributed by atoms with E-state index in [1.165, 1.54) is 4.31 Å². The molecule has 0 spiro atoms. The summed E-state index contributed by atoms with van der Waals surface area (Å²) < 4.78 is 26.4. The highest BCUT2D eigenvalue weighted by Crippen LogP contribution is 2.22. The normalized spacial score (nSPS) is 15.1. The van der Waals surface area contributed by atoms with Gasteiger partial charge in [0.05, 0.1) is 12.3 Å². The highest BCUT2D eigenvalue weighted by Gasteiger charge is 2.32. The van der Waals surface area contributed by atoms with Crippen molar-refractivity contribution >= 4 is 21.8 Å². The Morgan fingerprint density at radius 2 is 1.73 bits per heavy atom. The van der Waals surface area contributed by atoms with Gasteiger partial charge in [-0.25, -0.2) is 8.42 Å². The van der Waals surface area contributed by atoms with Crippen molar-refractivity contribution < 1.29 is 18.0 Å². The molecule has 1 aromatic rings. The van der Waals surface area contributed by atoms with E-state index in [9.17, 15) is 18.0 Å². The van der Waals surface area contributed by atoms with Crippen LogP contribution in [0.5, 0.6) is 0 Å². The van der Waals surface area contributed by atoms with Crippen molar-refractivity contribution in [3.63, 3.8) is 0 Å². The van der Waals surface area contributed by atoms with Gasteiger partial charge in [0.2, 0.25) is 21.8 Å². The standard InChI is InChI=1S/C25H41N3O4S/c1-5-8-13-24(29)26-17-14-23(15-18-26)28(19-22-12-10-9-11-21(22)4)25(30)20-27(16-6-2)33(31,32)7-3/h9-12,23H,5-8,13-20H2,1-4H3. The smallest absolute Gasteiger partial charge is 0.238 e. The zero-order chi connectivity index (χ0) is 24.4. The van der Waals surface area contributed by atoms with Crippen LogP contribution in [-0.4, -0.2) is 72.3 Å². The molecule has 7 nitrogen and oxygen atoms in total. The van der Waals surface area contributed by atoms with Crippen LogP contribution in [0.1, 0.15) is 70.4 Å². The number of carbonyl (C=O) groups is 2. The highest BCUT2D eigenvalue weighted by atomic mass is 32.2. The third-order valence-electron chi connectivity index (χ3n) is 6.47. The molecule has 33 heavy (non-hydrogen) atoms. The van der Waals surface area contributed by atoms with Gasteiger partial charge < -0.3 is 9.80 Å². The lowest BCUT2D eigenvalue weighted by molar-refractivity contribution is -0.137. The Labute approximate surface area is 200 Å². The van der Waals surface area contributed by atoms with E-state index >= 15 is 0 Å². The Balaban J connectivity index is 2.19. The second-order valence-electron chi connectivity index (χ2n) is 8.90. The monoisotopic (exact) mass is 479 g/mol. The van der Waals surface area contributed by atoms with Gasteiger partial charge in [-0.1, -0.05) is 44.5 Å². The first kappa shape index (κ1) is 27.3. The van der Waals surface area contributed by atoms with Crippen LogP contribution in [-0.2, 0) is 26.2 Å². The maximum absolute atomic E-state index is 13.5. The van der Waals surface area contributed by atoms with Gasteiger partial charge >= 0.3 is 0 Å². The number of hydrogen-bond acceptors (Lipinski definition) is 4. The molecular formula is C25H41N3O4S. The summed E-state index contributed by atoms with van der Waals surface area (Å²) in [5, 5.41) is 0. The van der Waals surface area contributed by atoms with Crippen molar-refractivity contribution in [1.29, 1.82) is 0 Å². The van der Waals surface area contributed by atoms with Gasteiger partial charge in [0.1, 0.15) is 0 Å². The first-order chi connectivity index (χ1) is 15.7. The summed E-state index contributed by atoms with van der Waals surface area (Å²) in [5.41, 5.74) is 2.17. The fourth-order valence-electron chi connectivity index (χ4n) is 4.30. The molecular weight excluding hydrogens is 438 g/mol. The Bertz CT molecular complexity index is 879. The Morgan fingerprint density at radius 3 is 2.30 bits per heavy atom. The fourth-order valence-corrected chi connectivity index (χ4v) is 5.43. The molecule has 1 aliphatic heterocycles. The van der Waals surface area contributed by atoms with Gasteiger partial charge in [-0.15, -0.1) is 0 Å². The largest absolute Gasteiger partial charge is 0.343 e. The number of sulfonamides is 1. The minimum Gasteiger partial charge on any atom is -0.343 e. The van der Waals surface area contributed by atoms with Crippen molar-refractivity contribution in [2.24, 2.45) is 0 Å². The summed E-state index contributed by atoms with van der Waals surface area (Å²) in [7, 11) is -3.46. The van der Waals surface area contributed by atoms with E-state index in [-0.39, 0.29) is 30.2 Å². The van der Waals surface area contributed by atoms with Crippen LogP contribution in [0.15, 0.2) is 24.3 Å². The van der Waals surface area contributed by atoms with E-state index in [0.29, 0.717) is 51.9 Å². The fraction of sp³-hybridized carbons (Fsp3) is 0.680. The third kappa shape index (κ3) is 7.81. The Hall–Kier alpha value is -1.93. The number of aryl methyl sites for hydroxylation is 1. The van der Waals surface area contributed by atoms with Crippen LogP contribution in [0.2, 0.25) is 0 Å². The average Bonchev–Trinajstić information content (AvgIpc) is 2.81. The summed E-state index contributed by atoms with van der Waals surface area (Å²) in [6.07, 6.45) is 4.55. The number of unbranched alkanes of at least 4 members (excludes halogenated alkanes) is 1. The number of benzene rings is 1. The zero-order valence-corrected chi connectivity index (χ0v) is 21.6. The average molecular weight is 480 g/mol. The minimum atomic E-state index is -3.46. The van der Waals surface area contributed by atoms with Gasteiger partial charge in [-0.2, -0.15) is 4.31 Å². The summed E-state index contributed by atoms with van der Waals surface area (Å²) >= 11 is 0. The number of amides is 2. The quantitative estimate of drug-likeness (QED) is 0.459. The topological polar surface area (TPSA) is 78.0 Å².